The lowest BCUT2D eigenvalue weighted by atomic mass is 10.00. The number of carbonyl (C=O) groups excluding carboxylic acids is 1. The molecule has 5 heteroatoms. The molecule has 0 radical (unpaired) electrons. The number of nitrogens with one attached hydrogen (secondary N) is 1. The molecule has 2 atom stereocenters. The van der Waals surface area contributed by atoms with E-state index in [0.717, 1.165) is 45.2 Å². The van der Waals surface area contributed by atoms with Crippen LogP contribution in [0.25, 0.3) is 0 Å². The van der Waals surface area contributed by atoms with Crippen LogP contribution in [-0.4, -0.2) is 47.3 Å². The van der Waals surface area contributed by atoms with Crippen LogP contribution >= 0.6 is 0 Å². The maximum absolute atomic E-state index is 11.0. The van der Waals surface area contributed by atoms with Gasteiger partial charge in [0.1, 0.15) is 0 Å². The fourth-order valence-electron chi connectivity index (χ4n) is 3.05. The molecule has 0 aromatic heterocycles. The van der Waals surface area contributed by atoms with Gasteiger partial charge in [-0.2, -0.15) is 0 Å². The summed E-state index contributed by atoms with van der Waals surface area (Å²) in [5.74, 6) is 0. The van der Waals surface area contributed by atoms with Crippen molar-refractivity contribution < 1.29 is 9.90 Å². The number of urea groups is 1. The molecule has 2 aliphatic rings. The van der Waals surface area contributed by atoms with Gasteiger partial charge < -0.3 is 21.1 Å². The SMILES string of the molecule is NC(=O)N1CCC(NC2CCCCCC2O)CC1. The Kier molecular flexibility index (Phi) is 4.83. The molecule has 2 amide bonds. The molecule has 0 aromatic rings. The number of hydrogen-bond acceptors (Lipinski definition) is 3. The molecule has 1 saturated carbocycles. The Morgan fingerprint density at radius 3 is 2.44 bits per heavy atom. The van der Waals surface area contributed by atoms with Crippen molar-refractivity contribution in [3.63, 3.8) is 0 Å². The summed E-state index contributed by atoms with van der Waals surface area (Å²) in [7, 11) is 0. The first-order chi connectivity index (χ1) is 8.66. The number of likely N-dealkylation sites (tertiary alicyclic amines) is 1. The summed E-state index contributed by atoms with van der Waals surface area (Å²) >= 11 is 0. The number of rotatable bonds is 2. The Hall–Kier alpha value is -0.810. The molecule has 5 nitrogen and oxygen atoms in total. The van der Waals surface area contributed by atoms with E-state index in [1.165, 1.54) is 12.8 Å². The molecule has 1 heterocycles. The summed E-state index contributed by atoms with van der Waals surface area (Å²) in [6, 6.07) is 0.332. The number of nitrogens with two attached hydrogens (primary N) is 1. The lowest BCUT2D eigenvalue weighted by Crippen LogP contribution is -2.51. The summed E-state index contributed by atoms with van der Waals surface area (Å²) in [6.07, 6.45) is 7.22. The van der Waals surface area contributed by atoms with Crippen molar-refractivity contribution in [3.05, 3.63) is 0 Å². The molecule has 1 aliphatic carbocycles. The van der Waals surface area contributed by atoms with Gasteiger partial charge in [0.2, 0.25) is 0 Å². The molecule has 1 aliphatic heterocycles. The van der Waals surface area contributed by atoms with Crippen LogP contribution in [0.2, 0.25) is 0 Å². The first kappa shape index (κ1) is 13.6. The van der Waals surface area contributed by atoms with Crippen molar-refractivity contribution in [2.24, 2.45) is 5.73 Å². The highest BCUT2D eigenvalue weighted by Crippen LogP contribution is 2.20. The van der Waals surface area contributed by atoms with Gasteiger partial charge >= 0.3 is 6.03 Å². The van der Waals surface area contributed by atoms with E-state index >= 15 is 0 Å². The molecule has 1 saturated heterocycles. The standard InChI is InChI=1S/C13H25N3O2/c14-13(18)16-8-6-10(7-9-16)15-11-4-2-1-3-5-12(11)17/h10-12,15,17H,1-9H2,(H2,14,18). The minimum Gasteiger partial charge on any atom is -0.392 e. The fraction of sp³-hybridized carbons (Fsp3) is 0.923. The number of piperidine rings is 1. The average Bonchev–Trinajstić information content (AvgIpc) is 2.56. The van der Waals surface area contributed by atoms with Crippen LogP contribution in [0.4, 0.5) is 4.79 Å². The Balaban J connectivity index is 1.78. The van der Waals surface area contributed by atoms with Gasteiger partial charge in [-0.1, -0.05) is 19.3 Å². The van der Waals surface area contributed by atoms with Crippen LogP contribution in [0.3, 0.4) is 0 Å². The van der Waals surface area contributed by atoms with Gasteiger partial charge in [0.15, 0.2) is 0 Å². The largest absolute Gasteiger partial charge is 0.392 e. The van der Waals surface area contributed by atoms with Gasteiger partial charge in [0.25, 0.3) is 0 Å². The van der Waals surface area contributed by atoms with Gasteiger partial charge in [-0.05, 0) is 25.7 Å². The molecular weight excluding hydrogens is 230 g/mol. The molecule has 4 N–H and O–H groups in total. The molecule has 0 bridgehead atoms. The average molecular weight is 255 g/mol. The van der Waals surface area contributed by atoms with E-state index in [0.29, 0.717) is 6.04 Å². The van der Waals surface area contributed by atoms with E-state index in [9.17, 15) is 9.90 Å². The summed E-state index contributed by atoms with van der Waals surface area (Å²) < 4.78 is 0. The van der Waals surface area contributed by atoms with Crippen LogP contribution in [0.1, 0.15) is 44.9 Å². The summed E-state index contributed by atoms with van der Waals surface area (Å²) in [5, 5.41) is 13.7. The lowest BCUT2D eigenvalue weighted by molar-refractivity contribution is 0.105. The second-order valence-corrected chi connectivity index (χ2v) is 5.58. The zero-order valence-electron chi connectivity index (χ0n) is 11.0. The third kappa shape index (κ3) is 3.59. The highest BCUT2D eigenvalue weighted by atomic mass is 16.3. The topological polar surface area (TPSA) is 78.6 Å². The van der Waals surface area contributed by atoms with Gasteiger partial charge in [0, 0.05) is 25.2 Å². The molecule has 2 rings (SSSR count). The summed E-state index contributed by atoms with van der Waals surface area (Å²) in [5.41, 5.74) is 5.27. The molecule has 0 spiro atoms. The molecular formula is C13H25N3O2. The smallest absolute Gasteiger partial charge is 0.314 e. The Bertz CT molecular complexity index is 277. The quantitative estimate of drug-likeness (QED) is 0.639. The van der Waals surface area contributed by atoms with E-state index in [1.807, 2.05) is 0 Å². The number of aliphatic hydroxyl groups excluding tert-OH is 1. The van der Waals surface area contributed by atoms with E-state index in [-0.39, 0.29) is 18.2 Å². The summed E-state index contributed by atoms with van der Waals surface area (Å²) in [4.78, 5) is 12.7. The van der Waals surface area contributed by atoms with Gasteiger partial charge in [-0.25, -0.2) is 4.79 Å². The highest BCUT2D eigenvalue weighted by molar-refractivity contribution is 5.72. The number of primary amides is 1. The third-order valence-electron chi connectivity index (χ3n) is 4.24. The van der Waals surface area contributed by atoms with Gasteiger partial charge in [0.05, 0.1) is 6.10 Å². The number of carbonyl (C=O) groups is 1. The predicted octanol–water partition coefficient (Wildman–Crippen LogP) is 0.813. The first-order valence-corrected chi connectivity index (χ1v) is 7.15. The van der Waals surface area contributed by atoms with Gasteiger partial charge in [-0.15, -0.1) is 0 Å². The van der Waals surface area contributed by atoms with Crippen molar-refractivity contribution in [1.29, 1.82) is 0 Å². The van der Waals surface area contributed by atoms with Crippen molar-refractivity contribution in [2.45, 2.75) is 63.1 Å². The lowest BCUT2D eigenvalue weighted by Gasteiger charge is -2.34. The van der Waals surface area contributed by atoms with Crippen LogP contribution in [0.15, 0.2) is 0 Å². The zero-order chi connectivity index (χ0) is 13.0. The second kappa shape index (κ2) is 6.38. The van der Waals surface area contributed by atoms with Gasteiger partial charge in [-0.3, -0.25) is 0 Å². The maximum Gasteiger partial charge on any atom is 0.314 e. The second-order valence-electron chi connectivity index (χ2n) is 5.58. The Morgan fingerprint density at radius 2 is 1.78 bits per heavy atom. The summed E-state index contributed by atoms with van der Waals surface area (Å²) in [6.45, 7) is 1.46. The Morgan fingerprint density at radius 1 is 1.11 bits per heavy atom. The van der Waals surface area contributed by atoms with E-state index in [2.05, 4.69) is 5.32 Å². The minimum absolute atomic E-state index is 0.207. The number of nitrogens with zero attached hydrogens (tertiary/aromatic N) is 1. The minimum atomic E-state index is -0.317. The van der Waals surface area contributed by atoms with Crippen molar-refractivity contribution >= 4 is 6.03 Å². The van der Waals surface area contributed by atoms with Crippen LogP contribution < -0.4 is 11.1 Å². The van der Waals surface area contributed by atoms with Crippen molar-refractivity contribution in [3.8, 4) is 0 Å². The normalized spacial score (nSPS) is 31.1. The third-order valence-corrected chi connectivity index (χ3v) is 4.24. The highest BCUT2D eigenvalue weighted by Gasteiger charge is 2.27. The van der Waals surface area contributed by atoms with Crippen LogP contribution in [-0.2, 0) is 0 Å². The van der Waals surface area contributed by atoms with Crippen LogP contribution in [0, 0.1) is 0 Å². The van der Waals surface area contributed by atoms with E-state index in [1.54, 1.807) is 4.90 Å². The number of hydrogen-bond donors (Lipinski definition) is 3. The predicted molar refractivity (Wildman–Crippen MR) is 70.2 cm³/mol. The number of amides is 2. The molecule has 104 valence electrons. The zero-order valence-corrected chi connectivity index (χ0v) is 11.0. The fourth-order valence-corrected chi connectivity index (χ4v) is 3.05. The van der Waals surface area contributed by atoms with Crippen LogP contribution in [0.5, 0.6) is 0 Å². The molecule has 0 aromatic carbocycles. The monoisotopic (exact) mass is 255 g/mol. The number of aliphatic hydroxyl groups is 1. The molecule has 2 unspecified atom stereocenters. The van der Waals surface area contributed by atoms with Crippen molar-refractivity contribution in [1.82, 2.24) is 10.2 Å². The molecule has 2 fully saturated rings. The van der Waals surface area contributed by atoms with E-state index < -0.39 is 0 Å². The molecule has 18 heavy (non-hydrogen) atoms. The van der Waals surface area contributed by atoms with Crippen molar-refractivity contribution in [2.75, 3.05) is 13.1 Å². The first-order valence-electron chi connectivity index (χ1n) is 7.15. The maximum atomic E-state index is 11.0. The van der Waals surface area contributed by atoms with E-state index in [4.69, 9.17) is 5.73 Å². The Labute approximate surface area is 109 Å².